The molecule has 1 amide bonds. The summed E-state index contributed by atoms with van der Waals surface area (Å²) in [5.74, 6) is 0.449. The lowest BCUT2D eigenvalue weighted by Crippen LogP contribution is -2.32. The minimum absolute atomic E-state index is 0.0132. The smallest absolute Gasteiger partial charge is 0.244 e. The third-order valence-electron chi connectivity index (χ3n) is 3.98. The molecule has 0 saturated heterocycles. The number of amides is 1. The maximum atomic E-state index is 12.6. The average Bonchev–Trinajstić information content (AvgIpc) is 2.67. The van der Waals surface area contributed by atoms with E-state index in [1.165, 1.54) is 26.4 Å². The predicted octanol–water partition coefficient (Wildman–Crippen LogP) is 2.03. The SMILES string of the molecule is COc1ccc(OC)c(S(=O)(=O)NCCC(=O)N(C)Cc2ccccc2)c1. The molecule has 2 aromatic carbocycles. The number of carbonyl (C=O) groups excluding carboxylic acids is 1. The summed E-state index contributed by atoms with van der Waals surface area (Å²) < 4.78 is 37.7. The lowest BCUT2D eigenvalue weighted by Gasteiger charge is -2.17. The molecule has 0 fully saturated rings. The van der Waals surface area contributed by atoms with Crippen LogP contribution >= 0.6 is 0 Å². The van der Waals surface area contributed by atoms with Gasteiger partial charge < -0.3 is 14.4 Å². The van der Waals surface area contributed by atoms with Crippen molar-refractivity contribution < 1.29 is 22.7 Å². The van der Waals surface area contributed by atoms with Crippen molar-refractivity contribution in [2.75, 3.05) is 27.8 Å². The van der Waals surface area contributed by atoms with Crippen LogP contribution in [0.3, 0.4) is 0 Å². The van der Waals surface area contributed by atoms with E-state index < -0.39 is 10.0 Å². The summed E-state index contributed by atoms with van der Waals surface area (Å²) in [5, 5.41) is 0. The quantitative estimate of drug-likeness (QED) is 0.706. The van der Waals surface area contributed by atoms with Crippen LogP contribution < -0.4 is 14.2 Å². The van der Waals surface area contributed by atoms with Crippen molar-refractivity contribution in [1.82, 2.24) is 9.62 Å². The molecule has 0 heterocycles. The number of sulfonamides is 1. The third kappa shape index (κ3) is 5.70. The average molecular weight is 392 g/mol. The topological polar surface area (TPSA) is 84.9 Å². The summed E-state index contributed by atoms with van der Waals surface area (Å²) in [7, 11) is 0.691. The molecule has 7 nitrogen and oxygen atoms in total. The van der Waals surface area contributed by atoms with Gasteiger partial charge in [0.2, 0.25) is 15.9 Å². The molecular formula is C19H24N2O5S. The van der Waals surface area contributed by atoms with Gasteiger partial charge in [-0.05, 0) is 17.7 Å². The third-order valence-corrected chi connectivity index (χ3v) is 5.46. The Hall–Kier alpha value is -2.58. The molecule has 27 heavy (non-hydrogen) atoms. The number of benzene rings is 2. The fourth-order valence-electron chi connectivity index (χ4n) is 2.50. The van der Waals surface area contributed by atoms with Crippen LogP contribution in [-0.4, -0.2) is 47.0 Å². The van der Waals surface area contributed by atoms with E-state index in [-0.39, 0.29) is 29.5 Å². The minimum atomic E-state index is -3.84. The standard InChI is InChI=1S/C19H24N2O5S/c1-21(14-15-7-5-4-6-8-15)19(22)11-12-20-27(23,24)18-13-16(25-2)9-10-17(18)26-3/h4-10,13,20H,11-12,14H2,1-3H3. The maximum absolute atomic E-state index is 12.6. The van der Waals surface area contributed by atoms with Crippen molar-refractivity contribution in [2.45, 2.75) is 17.9 Å². The Morgan fingerprint density at radius 1 is 1.07 bits per heavy atom. The van der Waals surface area contributed by atoms with Crippen molar-refractivity contribution in [3.05, 3.63) is 54.1 Å². The van der Waals surface area contributed by atoms with Gasteiger partial charge in [0.05, 0.1) is 14.2 Å². The van der Waals surface area contributed by atoms with E-state index in [0.29, 0.717) is 12.3 Å². The molecule has 0 atom stereocenters. The van der Waals surface area contributed by atoms with E-state index in [0.717, 1.165) is 5.56 Å². The van der Waals surface area contributed by atoms with Crippen LogP contribution in [0.4, 0.5) is 0 Å². The first-order valence-corrected chi connectivity index (χ1v) is 9.85. The van der Waals surface area contributed by atoms with Crippen LogP contribution in [0.25, 0.3) is 0 Å². The molecule has 0 aromatic heterocycles. The van der Waals surface area contributed by atoms with Crippen molar-refractivity contribution in [2.24, 2.45) is 0 Å². The van der Waals surface area contributed by atoms with Crippen LogP contribution in [0, 0.1) is 0 Å². The van der Waals surface area contributed by atoms with E-state index in [1.807, 2.05) is 30.3 Å². The molecule has 0 radical (unpaired) electrons. The van der Waals surface area contributed by atoms with Crippen LogP contribution in [-0.2, 0) is 21.4 Å². The summed E-state index contributed by atoms with van der Waals surface area (Å²) in [6.45, 7) is 0.455. The van der Waals surface area contributed by atoms with E-state index in [2.05, 4.69) is 4.72 Å². The molecule has 0 aliphatic rings. The van der Waals surface area contributed by atoms with Gasteiger partial charge in [0.15, 0.2) is 0 Å². The Bertz CT molecular complexity index is 869. The molecule has 0 saturated carbocycles. The molecule has 8 heteroatoms. The van der Waals surface area contributed by atoms with E-state index in [9.17, 15) is 13.2 Å². The second kappa shape index (κ2) is 9.38. The summed E-state index contributed by atoms with van der Waals surface area (Å²) in [4.78, 5) is 13.8. The van der Waals surface area contributed by atoms with Crippen molar-refractivity contribution in [3.8, 4) is 11.5 Å². The highest BCUT2D eigenvalue weighted by molar-refractivity contribution is 7.89. The summed E-state index contributed by atoms with van der Waals surface area (Å²) in [6, 6.07) is 14.1. The van der Waals surface area contributed by atoms with Gasteiger partial charge in [0, 0.05) is 32.6 Å². The van der Waals surface area contributed by atoms with Crippen LogP contribution in [0.5, 0.6) is 11.5 Å². The second-order valence-electron chi connectivity index (χ2n) is 5.90. The second-order valence-corrected chi connectivity index (χ2v) is 7.64. The van der Waals surface area contributed by atoms with Gasteiger partial charge in [-0.1, -0.05) is 30.3 Å². The lowest BCUT2D eigenvalue weighted by atomic mass is 10.2. The van der Waals surface area contributed by atoms with Gasteiger partial charge in [-0.3, -0.25) is 4.79 Å². The Morgan fingerprint density at radius 3 is 2.41 bits per heavy atom. The number of hydrogen-bond acceptors (Lipinski definition) is 5. The Labute approximate surface area is 160 Å². The largest absolute Gasteiger partial charge is 0.497 e. The number of ether oxygens (including phenoxy) is 2. The fraction of sp³-hybridized carbons (Fsp3) is 0.316. The van der Waals surface area contributed by atoms with Gasteiger partial charge in [0.1, 0.15) is 16.4 Å². The van der Waals surface area contributed by atoms with Crippen LogP contribution in [0.15, 0.2) is 53.4 Å². The zero-order valence-corrected chi connectivity index (χ0v) is 16.5. The first kappa shape index (κ1) is 20.7. The van der Waals surface area contributed by atoms with Crippen molar-refractivity contribution in [1.29, 1.82) is 0 Å². The van der Waals surface area contributed by atoms with E-state index in [4.69, 9.17) is 9.47 Å². The van der Waals surface area contributed by atoms with Crippen molar-refractivity contribution >= 4 is 15.9 Å². The highest BCUT2D eigenvalue weighted by Crippen LogP contribution is 2.27. The highest BCUT2D eigenvalue weighted by atomic mass is 32.2. The zero-order chi connectivity index (χ0) is 19.9. The van der Waals surface area contributed by atoms with E-state index >= 15 is 0 Å². The summed E-state index contributed by atoms with van der Waals surface area (Å²) >= 11 is 0. The van der Waals surface area contributed by atoms with Gasteiger partial charge in [-0.25, -0.2) is 13.1 Å². The number of carbonyl (C=O) groups is 1. The van der Waals surface area contributed by atoms with Gasteiger partial charge in [-0.15, -0.1) is 0 Å². The van der Waals surface area contributed by atoms with Crippen LogP contribution in [0.1, 0.15) is 12.0 Å². The molecule has 2 rings (SSSR count). The maximum Gasteiger partial charge on any atom is 0.244 e. The monoisotopic (exact) mass is 392 g/mol. The molecule has 146 valence electrons. The molecular weight excluding hydrogens is 368 g/mol. The Morgan fingerprint density at radius 2 is 1.78 bits per heavy atom. The number of rotatable bonds is 9. The Balaban J connectivity index is 1.96. The number of hydrogen-bond donors (Lipinski definition) is 1. The Kier molecular flexibility index (Phi) is 7.20. The molecule has 0 spiro atoms. The molecule has 0 unspecified atom stereocenters. The van der Waals surface area contributed by atoms with Gasteiger partial charge >= 0.3 is 0 Å². The first-order valence-electron chi connectivity index (χ1n) is 8.37. The van der Waals surface area contributed by atoms with Gasteiger partial charge in [-0.2, -0.15) is 0 Å². The fourth-order valence-corrected chi connectivity index (χ4v) is 3.71. The molecule has 0 aliphatic heterocycles. The number of nitrogens with one attached hydrogen (secondary N) is 1. The predicted molar refractivity (Wildman–Crippen MR) is 102 cm³/mol. The van der Waals surface area contributed by atoms with E-state index in [1.54, 1.807) is 18.0 Å². The zero-order valence-electron chi connectivity index (χ0n) is 15.6. The summed E-state index contributed by atoms with van der Waals surface area (Å²) in [5.41, 5.74) is 1.01. The van der Waals surface area contributed by atoms with Crippen molar-refractivity contribution in [3.63, 3.8) is 0 Å². The normalized spacial score (nSPS) is 11.1. The van der Waals surface area contributed by atoms with Gasteiger partial charge in [0.25, 0.3) is 0 Å². The lowest BCUT2D eigenvalue weighted by molar-refractivity contribution is -0.130. The molecule has 2 aromatic rings. The molecule has 0 aliphatic carbocycles. The highest BCUT2D eigenvalue weighted by Gasteiger charge is 2.21. The number of methoxy groups -OCH3 is 2. The molecule has 1 N–H and O–H groups in total. The molecule has 0 bridgehead atoms. The van der Waals surface area contributed by atoms with Crippen LogP contribution in [0.2, 0.25) is 0 Å². The summed E-state index contributed by atoms with van der Waals surface area (Å²) in [6.07, 6.45) is 0.0504. The first-order chi connectivity index (χ1) is 12.9. The minimum Gasteiger partial charge on any atom is -0.497 e. The number of nitrogens with zero attached hydrogens (tertiary/aromatic N) is 1.